The van der Waals surface area contributed by atoms with Crippen LogP contribution in [0.3, 0.4) is 0 Å². The lowest BCUT2D eigenvalue weighted by atomic mass is 10.1. The summed E-state index contributed by atoms with van der Waals surface area (Å²) in [4.78, 5) is 38.7. The van der Waals surface area contributed by atoms with Crippen molar-refractivity contribution in [2.75, 3.05) is 26.7 Å². The van der Waals surface area contributed by atoms with Crippen LogP contribution in [0.15, 0.2) is 24.3 Å². The van der Waals surface area contributed by atoms with E-state index in [1.807, 2.05) is 0 Å². The van der Waals surface area contributed by atoms with Crippen LogP contribution in [0.4, 0.5) is 4.79 Å². The lowest BCUT2D eigenvalue weighted by Gasteiger charge is -2.19. The van der Waals surface area contributed by atoms with Gasteiger partial charge < -0.3 is 15.0 Å². The molecule has 8 heteroatoms. The highest BCUT2D eigenvalue weighted by molar-refractivity contribution is 6.30. The first-order valence-electron chi connectivity index (χ1n) is 8.47. The summed E-state index contributed by atoms with van der Waals surface area (Å²) >= 11 is 5.89. The van der Waals surface area contributed by atoms with Gasteiger partial charge in [-0.2, -0.15) is 0 Å². The highest BCUT2D eigenvalue weighted by Gasteiger charge is 2.43. The van der Waals surface area contributed by atoms with Gasteiger partial charge in [0.1, 0.15) is 17.9 Å². The smallest absolute Gasteiger partial charge is 0.325 e. The van der Waals surface area contributed by atoms with Crippen molar-refractivity contribution in [2.24, 2.45) is 0 Å². The first kappa shape index (κ1) is 20.0. The third-order valence-corrected chi connectivity index (χ3v) is 4.37. The fourth-order valence-electron chi connectivity index (χ4n) is 2.58. The van der Waals surface area contributed by atoms with E-state index in [2.05, 4.69) is 5.32 Å². The van der Waals surface area contributed by atoms with E-state index < -0.39 is 11.6 Å². The second-order valence-electron chi connectivity index (χ2n) is 6.74. The fraction of sp³-hybridized carbons (Fsp3) is 0.500. The van der Waals surface area contributed by atoms with Crippen LogP contribution in [-0.2, 0) is 9.59 Å². The molecule has 0 radical (unpaired) electrons. The zero-order chi connectivity index (χ0) is 19.3. The van der Waals surface area contributed by atoms with Crippen molar-refractivity contribution in [2.45, 2.75) is 32.2 Å². The number of nitrogens with one attached hydrogen (secondary N) is 1. The number of amides is 4. The molecule has 0 aliphatic carbocycles. The highest BCUT2D eigenvalue weighted by Crippen LogP contribution is 2.18. The van der Waals surface area contributed by atoms with E-state index in [0.29, 0.717) is 30.3 Å². The Hall–Kier alpha value is -2.28. The first-order valence-corrected chi connectivity index (χ1v) is 8.85. The van der Waals surface area contributed by atoms with E-state index in [9.17, 15) is 14.4 Å². The van der Waals surface area contributed by atoms with Crippen LogP contribution in [0.1, 0.15) is 26.7 Å². The van der Waals surface area contributed by atoms with Crippen LogP contribution < -0.4 is 10.1 Å². The molecule has 0 spiro atoms. The third-order valence-electron chi connectivity index (χ3n) is 4.13. The summed E-state index contributed by atoms with van der Waals surface area (Å²) in [5.41, 5.74) is -0.879. The van der Waals surface area contributed by atoms with Crippen LogP contribution in [0, 0.1) is 0 Å². The maximum atomic E-state index is 12.1. The maximum Gasteiger partial charge on any atom is 0.325 e. The fourth-order valence-corrected chi connectivity index (χ4v) is 2.76. The summed E-state index contributed by atoms with van der Waals surface area (Å²) in [6.07, 6.45) is 0.679. The molecule has 1 saturated heterocycles. The number of hydrogen-bond donors (Lipinski definition) is 1. The summed E-state index contributed by atoms with van der Waals surface area (Å²) in [5.74, 6) is 0.323. The number of benzene rings is 1. The van der Waals surface area contributed by atoms with Gasteiger partial charge in [0.25, 0.3) is 5.91 Å². The molecule has 0 atom stereocenters. The van der Waals surface area contributed by atoms with E-state index >= 15 is 0 Å². The quantitative estimate of drug-likeness (QED) is 0.701. The number of halogens is 1. The summed E-state index contributed by atoms with van der Waals surface area (Å²) < 4.78 is 5.56. The van der Waals surface area contributed by atoms with Crippen molar-refractivity contribution in [1.29, 1.82) is 0 Å². The molecule has 0 bridgehead atoms. The van der Waals surface area contributed by atoms with Crippen LogP contribution in [-0.4, -0.2) is 59.9 Å². The number of ether oxygens (including phenoxy) is 1. The highest BCUT2D eigenvalue weighted by atomic mass is 35.5. The lowest BCUT2D eigenvalue weighted by Crippen LogP contribution is -2.40. The van der Waals surface area contributed by atoms with Gasteiger partial charge in [0.2, 0.25) is 5.91 Å². The maximum absolute atomic E-state index is 12.1. The average molecular weight is 382 g/mol. The average Bonchev–Trinajstić information content (AvgIpc) is 2.76. The molecule has 2 rings (SSSR count). The number of rotatable bonds is 8. The van der Waals surface area contributed by atoms with Gasteiger partial charge in [-0.3, -0.25) is 14.5 Å². The van der Waals surface area contributed by atoms with Crippen LogP contribution >= 0.6 is 11.6 Å². The lowest BCUT2D eigenvalue weighted by molar-refractivity contribution is -0.132. The Morgan fingerprint density at radius 2 is 2.08 bits per heavy atom. The largest absolute Gasteiger partial charge is 0.492 e. The molecule has 1 aliphatic rings. The van der Waals surface area contributed by atoms with E-state index in [0.717, 1.165) is 4.90 Å². The molecule has 1 heterocycles. The molecule has 0 saturated carbocycles. The van der Waals surface area contributed by atoms with Gasteiger partial charge in [0.05, 0.1) is 6.54 Å². The minimum atomic E-state index is -0.879. The van der Waals surface area contributed by atoms with Gasteiger partial charge in [-0.25, -0.2) is 4.79 Å². The Balaban J connectivity index is 1.69. The summed E-state index contributed by atoms with van der Waals surface area (Å²) in [6, 6.07) is 6.66. The molecule has 1 aromatic carbocycles. The monoisotopic (exact) mass is 381 g/mol. The van der Waals surface area contributed by atoms with Gasteiger partial charge >= 0.3 is 6.03 Å². The summed E-state index contributed by atoms with van der Waals surface area (Å²) in [7, 11) is 1.69. The SMILES string of the molecule is CN(CCOc1cccc(Cl)c1)C(=O)CCCN1C(=O)NC(C)(C)C1=O. The molecule has 0 aromatic heterocycles. The molecule has 1 N–H and O–H groups in total. The van der Waals surface area contributed by atoms with Gasteiger partial charge in [-0.05, 0) is 38.5 Å². The van der Waals surface area contributed by atoms with Crippen molar-refractivity contribution < 1.29 is 19.1 Å². The van der Waals surface area contributed by atoms with Gasteiger partial charge in [0.15, 0.2) is 0 Å². The number of urea groups is 1. The second-order valence-corrected chi connectivity index (χ2v) is 7.17. The van der Waals surface area contributed by atoms with Gasteiger partial charge in [0, 0.05) is 25.0 Å². The second kappa shape index (κ2) is 8.40. The van der Waals surface area contributed by atoms with Crippen LogP contribution in [0.2, 0.25) is 5.02 Å². The van der Waals surface area contributed by atoms with Crippen LogP contribution in [0.25, 0.3) is 0 Å². The Morgan fingerprint density at radius 3 is 2.69 bits per heavy atom. The van der Waals surface area contributed by atoms with Crippen LogP contribution in [0.5, 0.6) is 5.75 Å². The minimum Gasteiger partial charge on any atom is -0.492 e. The Morgan fingerprint density at radius 1 is 1.35 bits per heavy atom. The summed E-state index contributed by atoms with van der Waals surface area (Å²) in [6.45, 7) is 4.33. The van der Waals surface area contributed by atoms with Gasteiger partial charge in [-0.1, -0.05) is 17.7 Å². The predicted octanol–water partition coefficient (Wildman–Crippen LogP) is 2.29. The van der Waals surface area contributed by atoms with E-state index in [1.54, 1.807) is 50.1 Å². The zero-order valence-corrected chi connectivity index (χ0v) is 16.0. The third kappa shape index (κ3) is 5.11. The molecule has 4 amide bonds. The molecular weight excluding hydrogens is 358 g/mol. The number of imide groups is 1. The van der Waals surface area contributed by atoms with Crippen molar-refractivity contribution in [3.8, 4) is 5.75 Å². The number of hydrogen-bond acceptors (Lipinski definition) is 4. The molecule has 1 fully saturated rings. The number of carbonyl (C=O) groups excluding carboxylic acids is 3. The van der Waals surface area contributed by atoms with Crippen molar-refractivity contribution >= 4 is 29.4 Å². The van der Waals surface area contributed by atoms with Crippen molar-refractivity contribution in [3.05, 3.63) is 29.3 Å². The molecule has 142 valence electrons. The van der Waals surface area contributed by atoms with Crippen molar-refractivity contribution in [3.63, 3.8) is 0 Å². The number of likely N-dealkylation sites (N-methyl/N-ethyl adjacent to an activating group) is 1. The van der Waals surface area contributed by atoms with E-state index in [-0.39, 0.29) is 24.8 Å². The topological polar surface area (TPSA) is 79.0 Å². The van der Waals surface area contributed by atoms with Crippen molar-refractivity contribution in [1.82, 2.24) is 15.1 Å². The molecule has 1 aromatic rings. The standard InChI is InChI=1S/C18H24ClN3O4/c1-18(2)16(24)22(17(25)20-18)9-5-8-15(23)21(3)10-11-26-14-7-4-6-13(19)12-14/h4,6-7,12H,5,8-11H2,1-3H3,(H,20,25). The van der Waals surface area contributed by atoms with E-state index in [1.165, 1.54) is 0 Å². The minimum absolute atomic E-state index is 0.0639. The van der Waals surface area contributed by atoms with Gasteiger partial charge in [-0.15, -0.1) is 0 Å². The number of nitrogens with zero attached hydrogens (tertiary/aromatic N) is 2. The normalized spacial score (nSPS) is 15.8. The summed E-state index contributed by atoms with van der Waals surface area (Å²) in [5, 5.41) is 3.21. The Labute approximate surface area is 158 Å². The Kier molecular flexibility index (Phi) is 6.47. The molecular formula is C18H24ClN3O4. The predicted molar refractivity (Wildman–Crippen MR) is 98.1 cm³/mol. The first-order chi connectivity index (χ1) is 12.2. The Bertz CT molecular complexity index is 693. The van der Waals surface area contributed by atoms with E-state index in [4.69, 9.17) is 16.3 Å². The zero-order valence-electron chi connectivity index (χ0n) is 15.3. The number of carbonyl (C=O) groups is 3. The molecule has 1 aliphatic heterocycles. The molecule has 7 nitrogen and oxygen atoms in total. The molecule has 0 unspecified atom stereocenters. The molecule has 26 heavy (non-hydrogen) atoms.